The number of esters is 1. The molecule has 0 aliphatic rings. The van der Waals surface area contributed by atoms with Gasteiger partial charge in [-0.2, -0.15) is 0 Å². The van der Waals surface area contributed by atoms with Gasteiger partial charge >= 0.3 is 5.97 Å². The molecule has 3 nitrogen and oxygen atoms in total. The molecule has 0 N–H and O–H groups in total. The van der Waals surface area contributed by atoms with Crippen molar-refractivity contribution in [1.82, 2.24) is 4.57 Å². The summed E-state index contributed by atoms with van der Waals surface area (Å²) in [6, 6.07) is 13.3. The Labute approximate surface area is 101 Å². The number of rotatable bonds is 3. The molecule has 0 radical (unpaired) electrons. The lowest BCUT2D eigenvalue weighted by Gasteiger charge is -2.13. The lowest BCUT2D eigenvalue weighted by atomic mass is 10.1. The van der Waals surface area contributed by atoms with Crippen LogP contribution in [0.15, 0.2) is 48.7 Å². The largest absolute Gasteiger partial charge is 0.453 e. The van der Waals surface area contributed by atoms with E-state index in [0.29, 0.717) is 5.69 Å². The van der Waals surface area contributed by atoms with Gasteiger partial charge in [0.25, 0.3) is 0 Å². The normalized spacial score (nSPS) is 12.1. The van der Waals surface area contributed by atoms with Crippen molar-refractivity contribution in [3.05, 3.63) is 59.9 Å². The smallest absolute Gasteiger partial charge is 0.355 e. The first-order valence-corrected chi connectivity index (χ1v) is 5.56. The Morgan fingerprint density at radius 1 is 1.18 bits per heavy atom. The predicted octanol–water partition coefficient (Wildman–Crippen LogP) is 2.94. The van der Waals surface area contributed by atoms with Crippen LogP contribution in [0.2, 0.25) is 0 Å². The number of carbonyl (C=O) groups is 1. The van der Waals surface area contributed by atoms with E-state index in [4.69, 9.17) is 4.74 Å². The minimum atomic E-state index is -0.297. The summed E-state index contributed by atoms with van der Waals surface area (Å²) in [5.41, 5.74) is 1.56. The van der Waals surface area contributed by atoms with Crippen LogP contribution in [0, 0.1) is 0 Å². The minimum absolute atomic E-state index is 0.237. The molecule has 0 spiro atoms. The fraction of sp³-hybridized carbons (Fsp3) is 0.214. The summed E-state index contributed by atoms with van der Waals surface area (Å²) in [6.07, 6.45) is 1.59. The van der Waals surface area contributed by atoms with E-state index in [0.717, 1.165) is 5.56 Å². The van der Waals surface area contributed by atoms with Crippen LogP contribution in [0.3, 0.4) is 0 Å². The van der Waals surface area contributed by atoms with Crippen LogP contribution in [0.4, 0.5) is 0 Å². The van der Waals surface area contributed by atoms with Crippen LogP contribution in [-0.2, 0) is 11.8 Å². The third-order valence-electron chi connectivity index (χ3n) is 2.71. The number of hydrogen-bond donors (Lipinski definition) is 0. The number of nitrogens with zero attached hydrogens (tertiary/aromatic N) is 1. The van der Waals surface area contributed by atoms with Crippen molar-refractivity contribution >= 4 is 5.97 Å². The molecule has 0 saturated carbocycles. The van der Waals surface area contributed by atoms with Gasteiger partial charge in [-0.15, -0.1) is 0 Å². The fourth-order valence-electron chi connectivity index (χ4n) is 1.69. The molecule has 0 fully saturated rings. The highest BCUT2D eigenvalue weighted by Gasteiger charge is 2.15. The second-order valence-electron chi connectivity index (χ2n) is 3.96. The van der Waals surface area contributed by atoms with Gasteiger partial charge in [-0.05, 0) is 24.6 Å². The summed E-state index contributed by atoms with van der Waals surface area (Å²) in [4.78, 5) is 11.9. The molecule has 1 atom stereocenters. The SMILES string of the molecule is CC(OC(=O)c1cccn1C)c1ccccc1. The van der Waals surface area contributed by atoms with E-state index >= 15 is 0 Å². The number of benzene rings is 1. The first kappa shape index (κ1) is 11.5. The number of aryl methyl sites for hydroxylation is 1. The van der Waals surface area contributed by atoms with Crippen LogP contribution >= 0.6 is 0 Å². The molecule has 1 aromatic carbocycles. The summed E-state index contributed by atoms with van der Waals surface area (Å²) >= 11 is 0. The van der Waals surface area contributed by atoms with E-state index in [-0.39, 0.29) is 12.1 Å². The molecule has 88 valence electrons. The van der Waals surface area contributed by atoms with E-state index in [9.17, 15) is 4.79 Å². The zero-order chi connectivity index (χ0) is 12.3. The molecule has 2 rings (SSSR count). The van der Waals surface area contributed by atoms with Gasteiger partial charge in [-0.25, -0.2) is 4.79 Å². The van der Waals surface area contributed by atoms with Crippen molar-refractivity contribution in [3.8, 4) is 0 Å². The predicted molar refractivity (Wildman–Crippen MR) is 65.7 cm³/mol. The number of carbonyl (C=O) groups excluding carboxylic acids is 1. The standard InChI is InChI=1S/C14H15NO2/c1-11(12-7-4-3-5-8-12)17-14(16)13-9-6-10-15(13)2/h3-11H,1-2H3. The summed E-state index contributed by atoms with van der Waals surface area (Å²) in [5.74, 6) is -0.297. The average Bonchev–Trinajstić information content (AvgIpc) is 2.76. The van der Waals surface area contributed by atoms with Gasteiger partial charge in [0, 0.05) is 13.2 Å². The van der Waals surface area contributed by atoms with E-state index in [1.807, 2.05) is 56.6 Å². The zero-order valence-corrected chi connectivity index (χ0v) is 9.96. The molecule has 1 unspecified atom stereocenters. The molecule has 0 aliphatic carbocycles. The lowest BCUT2D eigenvalue weighted by Crippen LogP contribution is -2.12. The molecular weight excluding hydrogens is 214 g/mol. The van der Waals surface area contributed by atoms with Gasteiger partial charge < -0.3 is 9.30 Å². The maximum atomic E-state index is 11.9. The van der Waals surface area contributed by atoms with Crippen LogP contribution in [0.1, 0.15) is 29.1 Å². The van der Waals surface area contributed by atoms with Crippen molar-refractivity contribution in [2.24, 2.45) is 7.05 Å². The van der Waals surface area contributed by atoms with E-state index in [1.54, 1.807) is 10.6 Å². The Morgan fingerprint density at radius 2 is 1.88 bits per heavy atom. The Morgan fingerprint density at radius 3 is 2.47 bits per heavy atom. The molecule has 17 heavy (non-hydrogen) atoms. The zero-order valence-electron chi connectivity index (χ0n) is 9.96. The van der Waals surface area contributed by atoms with Gasteiger partial charge in [0.05, 0.1) is 0 Å². The van der Waals surface area contributed by atoms with Crippen molar-refractivity contribution in [3.63, 3.8) is 0 Å². The van der Waals surface area contributed by atoms with Gasteiger partial charge in [0.2, 0.25) is 0 Å². The van der Waals surface area contributed by atoms with Gasteiger partial charge in [0.1, 0.15) is 11.8 Å². The first-order valence-electron chi connectivity index (χ1n) is 5.56. The Balaban J connectivity index is 2.08. The number of ether oxygens (including phenoxy) is 1. The average molecular weight is 229 g/mol. The summed E-state index contributed by atoms with van der Waals surface area (Å²) in [7, 11) is 1.82. The monoisotopic (exact) mass is 229 g/mol. The summed E-state index contributed by atoms with van der Waals surface area (Å²) < 4.78 is 7.15. The third kappa shape index (κ3) is 2.56. The first-order chi connectivity index (χ1) is 8.18. The van der Waals surface area contributed by atoms with Crippen molar-refractivity contribution < 1.29 is 9.53 Å². The highest BCUT2D eigenvalue weighted by atomic mass is 16.5. The minimum Gasteiger partial charge on any atom is -0.453 e. The molecule has 0 saturated heterocycles. The van der Waals surface area contributed by atoms with Crippen molar-refractivity contribution in [2.45, 2.75) is 13.0 Å². The topological polar surface area (TPSA) is 31.2 Å². The molecule has 0 aliphatic heterocycles. The molecule has 0 amide bonds. The van der Waals surface area contributed by atoms with Crippen LogP contribution in [0.5, 0.6) is 0 Å². The Kier molecular flexibility index (Phi) is 3.28. The highest BCUT2D eigenvalue weighted by molar-refractivity contribution is 5.87. The highest BCUT2D eigenvalue weighted by Crippen LogP contribution is 2.17. The van der Waals surface area contributed by atoms with Gasteiger partial charge in [-0.3, -0.25) is 0 Å². The molecule has 2 aromatic rings. The fourth-order valence-corrected chi connectivity index (χ4v) is 1.69. The Hall–Kier alpha value is -2.03. The summed E-state index contributed by atoms with van der Waals surface area (Å²) in [6.45, 7) is 1.87. The third-order valence-corrected chi connectivity index (χ3v) is 2.71. The van der Waals surface area contributed by atoms with E-state index in [2.05, 4.69) is 0 Å². The molecular formula is C14H15NO2. The second kappa shape index (κ2) is 4.87. The lowest BCUT2D eigenvalue weighted by molar-refractivity contribution is 0.0326. The second-order valence-corrected chi connectivity index (χ2v) is 3.96. The number of aromatic nitrogens is 1. The Bertz CT molecular complexity index is 502. The molecule has 0 bridgehead atoms. The van der Waals surface area contributed by atoms with Crippen molar-refractivity contribution in [1.29, 1.82) is 0 Å². The van der Waals surface area contributed by atoms with E-state index in [1.165, 1.54) is 0 Å². The van der Waals surface area contributed by atoms with Gasteiger partial charge in [0.15, 0.2) is 0 Å². The maximum Gasteiger partial charge on any atom is 0.355 e. The van der Waals surface area contributed by atoms with E-state index < -0.39 is 0 Å². The van der Waals surface area contributed by atoms with Gasteiger partial charge in [-0.1, -0.05) is 30.3 Å². The molecule has 1 heterocycles. The van der Waals surface area contributed by atoms with Crippen molar-refractivity contribution in [2.75, 3.05) is 0 Å². The summed E-state index contributed by atoms with van der Waals surface area (Å²) in [5, 5.41) is 0. The van der Waals surface area contributed by atoms with Crippen LogP contribution in [-0.4, -0.2) is 10.5 Å². The maximum absolute atomic E-state index is 11.9. The quantitative estimate of drug-likeness (QED) is 0.758. The van der Waals surface area contributed by atoms with Crippen LogP contribution in [0.25, 0.3) is 0 Å². The molecule has 1 aromatic heterocycles. The van der Waals surface area contributed by atoms with Crippen LogP contribution < -0.4 is 0 Å². The molecule has 3 heteroatoms. The number of hydrogen-bond acceptors (Lipinski definition) is 2.